The number of pyridine rings is 1. The first kappa shape index (κ1) is 11.0. The van der Waals surface area contributed by atoms with Crippen molar-refractivity contribution >= 4 is 5.82 Å². The Balaban J connectivity index is 1.86. The topological polar surface area (TPSA) is 28.2 Å². The van der Waals surface area contributed by atoms with E-state index in [0.29, 0.717) is 5.92 Å². The van der Waals surface area contributed by atoms with E-state index in [2.05, 4.69) is 27.3 Å². The van der Waals surface area contributed by atoms with Crippen LogP contribution >= 0.6 is 0 Å². The molecular weight excluding hydrogens is 210 g/mol. The molecule has 0 bridgehead atoms. The molecular formula is C14H21N3. The summed E-state index contributed by atoms with van der Waals surface area (Å²) >= 11 is 0. The summed E-state index contributed by atoms with van der Waals surface area (Å²) in [6.07, 6.45) is 7.10. The maximum absolute atomic E-state index is 4.64. The SMILES string of the molecule is c1cnc(N2CCCC2)c(C2CCNCC2)c1. The van der Waals surface area contributed by atoms with E-state index in [4.69, 9.17) is 0 Å². The van der Waals surface area contributed by atoms with Gasteiger partial charge in [0.2, 0.25) is 0 Å². The summed E-state index contributed by atoms with van der Waals surface area (Å²) in [6, 6.07) is 4.38. The first-order valence-electron chi connectivity index (χ1n) is 6.86. The van der Waals surface area contributed by atoms with Crippen molar-refractivity contribution in [3.8, 4) is 0 Å². The van der Waals surface area contributed by atoms with E-state index in [0.717, 1.165) is 13.1 Å². The molecule has 0 atom stereocenters. The van der Waals surface area contributed by atoms with Gasteiger partial charge in [-0.2, -0.15) is 0 Å². The molecule has 92 valence electrons. The van der Waals surface area contributed by atoms with E-state index in [1.165, 1.54) is 50.2 Å². The van der Waals surface area contributed by atoms with Crippen LogP contribution in [0, 0.1) is 0 Å². The quantitative estimate of drug-likeness (QED) is 0.845. The van der Waals surface area contributed by atoms with Crippen molar-refractivity contribution in [3.05, 3.63) is 23.9 Å². The van der Waals surface area contributed by atoms with E-state index in [-0.39, 0.29) is 0 Å². The Morgan fingerprint density at radius 3 is 2.71 bits per heavy atom. The minimum Gasteiger partial charge on any atom is -0.356 e. The lowest BCUT2D eigenvalue weighted by Crippen LogP contribution is -2.28. The number of rotatable bonds is 2. The van der Waals surface area contributed by atoms with Crippen LogP contribution in [-0.4, -0.2) is 31.2 Å². The normalized spacial score (nSPS) is 22.0. The van der Waals surface area contributed by atoms with Gasteiger partial charge in [-0.25, -0.2) is 4.98 Å². The van der Waals surface area contributed by atoms with Crippen LogP contribution in [0.1, 0.15) is 37.2 Å². The predicted octanol–water partition coefficient (Wildman–Crippen LogP) is 2.15. The lowest BCUT2D eigenvalue weighted by Gasteiger charge is -2.27. The van der Waals surface area contributed by atoms with Crippen LogP contribution in [0.4, 0.5) is 5.82 Å². The van der Waals surface area contributed by atoms with Gasteiger partial charge in [-0.15, -0.1) is 0 Å². The van der Waals surface area contributed by atoms with Crippen LogP contribution in [0.5, 0.6) is 0 Å². The lowest BCUT2D eigenvalue weighted by atomic mass is 9.90. The second-order valence-electron chi connectivity index (χ2n) is 5.13. The Kier molecular flexibility index (Phi) is 3.27. The monoisotopic (exact) mass is 231 g/mol. The van der Waals surface area contributed by atoms with Crippen molar-refractivity contribution in [2.75, 3.05) is 31.1 Å². The molecule has 0 radical (unpaired) electrons. The van der Waals surface area contributed by atoms with Gasteiger partial charge < -0.3 is 10.2 Å². The van der Waals surface area contributed by atoms with Gasteiger partial charge in [-0.1, -0.05) is 6.07 Å². The molecule has 2 fully saturated rings. The molecule has 17 heavy (non-hydrogen) atoms. The molecule has 0 unspecified atom stereocenters. The van der Waals surface area contributed by atoms with Crippen LogP contribution in [0.2, 0.25) is 0 Å². The summed E-state index contributed by atoms with van der Waals surface area (Å²) in [5.74, 6) is 1.97. The summed E-state index contributed by atoms with van der Waals surface area (Å²) < 4.78 is 0. The molecule has 2 aliphatic rings. The average molecular weight is 231 g/mol. The fraction of sp³-hybridized carbons (Fsp3) is 0.643. The van der Waals surface area contributed by atoms with Crippen LogP contribution in [-0.2, 0) is 0 Å². The number of hydrogen-bond donors (Lipinski definition) is 1. The number of hydrogen-bond acceptors (Lipinski definition) is 3. The molecule has 1 aromatic rings. The number of nitrogens with one attached hydrogen (secondary N) is 1. The smallest absolute Gasteiger partial charge is 0.131 e. The second-order valence-corrected chi connectivity index (χ2v) is 5.13. The van der Waals surface area contributed by atoms with Crippen LogP contribution in [0.25, 0.3) is 0 Å². The highest BCUT2D eigenvalue weighted by Crippen LogP contribution is 2.32. The van der Waals surface area contributed by atoms with E-state index in [9.17, 15) is 0 Å². The minimum atomic E-state index is 0.709. The fourth-order valence-corrected chi connectivity index (χ4v) is 3.05. The predicted molar refractivity (Wildman–Crippen MR) is 70.5 cm³/mol. The number of nitrogens with zero attached hydrogens (tertiary/aromatic N) is 2. The highest BCUT2D eigenvalue weighted by molar-refractivity contribution is 5.49. The number of piperidine rings is 1. The van der Waals surface area contributed by atoms with Gasteiger partial charge in [0, 0.05) is 19.3 Å². The van der Waals surface area contributed by atoms with Crippen molar-refractivity contribution in [3.63, 3.8) is 0 Å². The Bertz CT molecular complexity index is 365. The van der Waals surface area contributed by atoms with E-state index in [1.54, 1.807) is 0 Å². The third kappa shape index (κ3) is 2.29. The molecule has 3 rings (SSSR count). The molecule has 0 amide bonds. The Morgan fingerprint density at radius 1 is 1.18 bits per heavy atom. The molecule has 0 saturated carbocycles. The van der Waals surface area contributed by atoms with Gasteiger partial charge in [0.05, 0.1) is 0 Å². The standard InChI is InChI=1S/C14H21N3/c1-2-11-17(10-1)14-13(4-3-7-16-14)12-5-8-15-9-6-12/h3-4,7,12,15H,1-2,5-6,8-11H2. The van der Waals surface area contributed by atoms with Gasteiger partial charge in [-0.05, 0) is 56.3 Å². The summed E-state index contributed by atoms with van der Waals surface area (Å²) in [4.78, 5) is 7.11. The van der Waals surface area contributed by atoms with Crippen molar-refractivity contribution in [2.45, 2.75) is 31.6 Å². The summed E-state index contributed by atoms with van der Waals surface area (Å²) in [5.41, 5.74) is 1.48. The molecule has 3 nitrogen and oxygen atoms in total. The molecule has 0 aliphatic carbocycles. The number of anilines is 1. The maximum Gasteiger partial charge on any atom is 0.131 e. The van der Waals surface area contributed by atoms with Gasteiger partial charge in [0.15, 0.2) is 0 Å². The van der Waals surface area contributed by atoms with Crippen molar-refractivity contribution < 1.29 is 0 Å². The summed E-state index contributed by atoms with van der Waals surface area (Å²) in [5, 5.41) is 3.44. The molecule has 1 aromatic heterocycles. The lowest BCUT2D eigenvalue weighted by molar-refractivity contribution is 0.459. The second kappa shape index (κ2) is 5.05. The molecule has 2 aliphatic heterocycles. The largest absolute Gasteiger partial charge is 0.356 e. The first-order valence-corrected chi connectivity index (χ1v) is 6.86. The van der Waals surface area contributed by atoms with Crippen molar-refractivity contribution in [1.29, 1.82) is 0 Å². The molecule has 3 heterocycles. The molecule has 0 aromatic carbocycles. The maximum atomic E-state index is 4.64. The van der Waals surface area contributed by atoms with Gasteiger partial charge in [0.1, 0.15) is 5.82 Å². The highest BCUT2D eigenvalue weighted by Gasteiger charge is 2.23. The first-order chi connectivity index (χ1) is 8.45. The van der Waals surface area contributed by atoms with Gasteiger partial charge in [0.25, 0.3) is 0 Å². The van der Waals surface area contributed by atoms with Crippen LogP contribution < -0.4 is 10.2 Å². The fourth-order valence-electron chi connectivity index (χ4n) is 3.05. The Morgan fingerprint density at radius 2 is 1.94 bits per heavy atom. The number of aromatic nitrogens is 1. The van der Waals surface area contributed by atoms with Crippen LogP contribution in [0.3, 0.4) is 0 Å². The van der Waals surface area contributed by atoms with E-state index < -0.39 is 0 Å². The Hall–Kier alpha value is -1.09. The molecule has 0 spiro atoms. The summed E-state index contributed by atoms with van der Waals surface area (Å²) in [6.45, 7) is 4.68. The summed E-state index contributed by atoms with van der Waals surface area (Å²) in [7, 11) is 0. The van der Waals surface area contributed by atoms with E-state index in [1.807, 2.05) is 6.20 Å². The third-order valence-electron chi connectivity index (χ3n) is 4.00. The molecule has 3 heteroatoms. The zero-order valence-corrected chi connectivity index (χ0v) is 10.4. The van der Waals surface area contributed by atoms with Crippen molar-refractivity contribution in [2.24, 2.45) is 0 Å². The van der Waals surface area contributed by atoms with E-state index >= 15 is 0 Å². The van der Waals surface area contributed by atoms with Crippen LogP contribution in [0.15, 0.2) is 18.3 Å². The average Bonchev–Trinajstić information content (AvgIpc) is 2.94. The Labute approximate surface area is 103 Å². The zero-order valence-electron chi connectivity index (χ0n) is 10.4. The minimum absolute atomic E-state index is 0.709. The van der Waals surface area contributed by atoms with Gasteiger partial charge >= 0.3 is 0 Å². The molecule has 2 saturated heterocycles. The van der Waals surface area contributed by atoms with Gasteiger partial charge in [-0.3, -0.25) is 0 Å². The van der Waals surface area contributed by atoms with Crippen molar-refractivity contribution in [1.82, 2.24) is 10.3 Å². The third-order valence-corrected chi connectivity index (χ3v) is 4.00. The molecule has 1 N–H and O–H groups in total. The highest BCUT2D eigenvalue weighted by atomic mass is 15.2. The zero-order chi connectivity index (χ0) is 11.5.